The summed E-state index contributed by atoms with van der Waals surface area (Å²) >= 11 is 5.94. The molecule has 0 saturated heterocycles. The summed E-state index contributed by atoms with van der Waals surface area (Å²) in [5.41, 5.74) is -0.270. The van der Waals surface area contributed by atoms with Gasteiger partial charge in [-0.1, -0.05) is 16.8 Å². The zero-order valence-electron chi connectivity index (χ0n) is 12.3. The van der Waals surface area contributed by atoms with Crippen LogP contribution in [0.5, 0.6) is 0 Å². The minimum atomic E-state index is -4.53. The van der Waals surface area contributed by atoms with E-state index in [1.165, 1.54) is 24.0 Å². The highest BCUT2D eigenvalue weighted by Gasteiger charge is 2.31. The van der Waals surface area contributed by atoms with Crippen molar-refractivity contribution in [1.82, 2.24) is 9.55 Å². The van der Waals surface area contributed by atoms with E-state index in [-0.39, 0.29) is 16.4 Å². The maximum atomic E-state index is 12.7. The lowest BCUT2D eigenvalue weighted by molar-refractivity contribution is -0.137. The average molecular weight is 355 g/mol. The highest BCUT2D eigenvalue weighted by molar-refractivity contribution is 6.32. The molecule has 5 nitrogen and oxygen atoms in total. The minimum Gasteiger partial charge on any atom is -0.399 e. The van der Waals surface area contributed by atoms with Crippen LogP contribution in [0, 0.1) is 11.3 Å². The largest absolute Gasteiger partial charge is 0.417 e. The topological polar surface area (TPSA) is 63.2 Å². The van der Waals surface area contributed by atoms with Gasteiger partial charge in [0.05, 0.1) is 22.4 Å². The number of hydrogen-bond acceptors (Lipinski definition) is 4. The van der Waals surface area contributed by atoms with E-state index in [0.29, 0.717) is 11.9 Å². The number of pyridine rings is 1. The molecule has 0 fully saturated rings. The Morgan fingerprint density at radius 3 is 2.83 bits per heavy atom. The van der Waals surface area contributed by atoms with E-state index in [1.807, 2.05) is 6.07 Å². The molecule has 24 heavy (non-hydrogen) atoms. The summed E-state index contributed by atoms with van der Waals surface area (Å²) < 4.78 is 39.5. The third-order valence-electron chi connectivity index (χ3n) is 2.89. The first-order valence-corrected chi connectivity index (χ1v) is 6.83. The average Bonchev–Trinajstić information content (AvgIpc) is 2.98. The van der Waals surface area contributed by atoms with Crippen LogP contribution in [0.3, 0.4) is 0 Å². The fraction of sp³-hybridized carbons (Fsp3) is 0.133. The molecule has 0 bridgehead atoms. The first-order valence-electron chi connectivity index (χ1n) is 6.45. The molecule has 0 aliphatic carbocycles. The van der Waals surface area contributed by atoms with Gasteiger partial charge in [0.15, 0.2) is 5.82 Å². The predicted octanol–water partition coefficient (Wildman–Crippen LogP) is 4.08. The van der Waals surface area contributed by atoms with Gasteiger partial charge in [-0.05, 0) is 24.3 Å². The third-order valence-corrected chi connectivity index (χ3v) is 3.17. The van der Waals surface area contributed by atoms with Crippen LogP contribution in [0.2, 0.25) is 5.02 Å². The highest BCUT2D eigenvalue weighted by Crippen LogP contribution is 2.32. The van der Waals surface area contributed by atoms with E-state index in [0.717, 1.165) is 6.07 Å². The Bertz CT molecular complexity index is 834. The van der Waals surface area contributed by atoms with E-state index in [4.69, 9.17) is 16.9 Å². The van der Waals surface area contributed by atoms with Gasteiger partial charge >= 0.3 is 6.18 Å². The van der Waals surface area contributed by atoms with Gasteiger partial charge in [-0.15, -0.1) is 0 Å². The second-order valence-electron chi connectivity index (χ2n) is 4.46. The predicted molar refractivity (Wildman–Crippen MR) is 82.7 cm³/mol. The molecule has 9 heteroatoms. The molecule has 0 amide bonds. The first kappa shape index (κ1) is 17.6. The fourth-order valence-corrected chi connectivity index (χ4v) is 2.09. The van der Waals surface area contributed by atoms with Crippen molar-refractivity contribution >= 4 is 23.9 Å². The van der Waals surface area contributed by atoms with Gasteiger partial charge in [-0.2, -0.15) is 18.4 Å². The zero-order chi connectivity index (χ0) is 17.7. The Balaban J connectivity index is 2.46. The fourth-order valence-electron chi connectivity index (χ4n) is 1.83. The SMILES string of the molecule is CO/N=C\C(C#N)=C\c1cccn1-c1ncc(C(F)(F)F)cc1Cl. The van der Waals surface area contributed by atoms with Gasteiger partial charge in [0.2, 0.25) is 0 Å². The Hall–Kier alpha value is -2.79. The van der Waals surface area contributed by atoms with Crippen LogP contribution in [0.1, 0.15) is 11.3 Å². The molecule has 2 aromatic rings. The first-order chi connectivity index (χ1) is 11.4. The number of oxime groups is 1. The van der Waals surface area contributed by atoms with Crippen molar-refractivity contribution in [3.63, 3.8) is 0 Å². The number of allylic oxidation sites excluding steroid dienone is 1. The number of nitriles is 1. The molecule has 0 aromatic carbocycles. The van der Waals surface area contributed by atoms with Crippen LogP contribution >= 0.6 is 11.6 Å². The quantitative estimate of drug-likeness (QED) is 0.472. The van der Waals surface area contributed by atoms with Crippen LogP contribution in [0.15, 0.2) is 41.3 Å². The third kappa shape index (κ3) is 3.94. The normalized spacial score (nSPS) is 12.4. The Morgan fingerprint density at radius 2 is 2.25 bits per heavy atom. The zero-order valence-corrected chi connectivity index (χ0v) is 13.0. The second-order valence-corrected chi connectivity index (χ2v) is 4.87. The molecule has 0 aliphatic rings. The van der Waals surface area contributed by atoms with Crippen LogP contribution in [0.25, 0.3) is 11.9 Å². The molecule has 124 valence electrons. The molecular weight excluding hydrogens is 345 g/mol. The number of alkyl halides is 3. The number of nitrogens with zero attached hydrogens (tertiary/aromatic N) is 4. The molecule has 2 heterocycles. The number of hydrogen-bond donors (Lipinski definition) is 0. The molecule has 0 saturated carbocycles. The van der Waals surface area contributed by atoms with Gasteiger partial charge in [0, 0.05) is 18.1 Å². The van der Waals surface area contributed by atoms with Gasteiger partial charge in [-0.3, -0.25) is 0 Å². The minimum absolute atomic E-state index is 0.113. The molecule has 2 rings (SSSR count). The molecule has 0 atom stereocenters. The van der Waals surface area contributed by atoms with Crippen molar-refractivity contribution in [3.05, 3.63) is 52.4 Å². The Labute approximate surface area is 140 Å². The van der Waals surface area contributed by atoms with E-state index in [1.54, 1.807) is 18.3 Å². The maximum absolute atomic E-state index is 12.7. The number of rotatable bonds is 4. The summed E-state index contributed by atoms with van der Waals surface area (Å²) in [5, 5.41) is 12.4. The Kier molecular flexibility index (Phi) is 5.26. The lowest BCUT2D eigenvalue weighted by atomic mass is 10.2. The van der Waals surface area contributed by atoms with Gasteiger partial charge in [0.1, 0.15) is 13.2 Å². The van der Waals surface area contributed by atoms with Crippen LogP contribution in [-0.2, 0) is 11.0 Å². The molecule has 0 spiro atoms. The molecule has 0 radical (unpaired) electrons. The van der Waals surface area contributed by atoms with Crippen molar-refractivity contribution in [2.24, 2.45) is 5.16 Å². The van der Waals surface area contributed by atoms with E-state index < -0.39 is 11.7 Å². The van der Waals surface area contributed by atoms with Crippen LogP contribution in [-0.4, -0.2) is 22.9 Å². The lowest BCUT2D eigenvalue weighted by Gasteiger charge is -2.11. The molecule has 0 unspecified atom stereocenters. The molecule has 2 aromatic heterocycles. The standard InChI is InChI=1S/C15H10ClF3N4O/c1-24-22-8-10(7-20)5-12-3-2-4-23(12)14-13(16)6-11(9-21-14)15(17,18)19/h2-6,8-9H,1H3/b10-5+,22-8-. The lowest BCUT2D eigenvalue weighted by Crippen LogP contribution is -2.08. The monoisotopic (exact) mass is 354 g/mol. The molecule has 0 N–H and O–H groups in total. The van der Waals surface area contributed by atoms with Crippen molar-refractivity contribution in [1.29, 1.82) is 5.26 Å². The van der Waals surface area contributed by atoms with E-state index >= 15 is 0 Å². The summed E-state index contributed by atoms with van der Waals surface area (Å²) in [6, 6.07) is 6.00. The van der Waals surface area contributed by atoms with Crippen molar-refractivity contribution in [3.8, 4) is 11.9 Å². The summed E-state index contributed by atoms with van der Waals surface area (Å²) in [6.45, 7) is 0. The van der Waals surface area contributed by atoms with Gasteiger partial charge in [-0.25, -0.2) is 4.98 Å². The smallest absolute Gasteiger partial charge is 0.399 e. The number of aromatic nitrogens is 2. The van der Waals surface area contributed by atoms with Crippen LogP contribution < -0.4 is 0 Å². The molecule has 0 aliphatic heterocycles. The summed E-state index contributed by atoms with van der Waals surface area (Å²) in [7, 11) is 1.33. The summed E-state index contributed by atoms with van der Waals surface area (Å²) in [5.74, 6) is 0.113. The van der Waals surface area contributed by atoms with Gasteiger partial charge in [0.25, 0.3) is 0 Å². The van der Waals surface area contributed by atoms with Crippen LogP contribution in [0.4, 0.5) is 13.2 Å². The summed E-state index contributed by atoms with van der Waals surface area (Å²) in [4.78, 5) is 8.29. The van der Waals surface area contributed by atoms with Crippen molar-refractivity contribution in [2.75, 3.05) is 7.11 Å². The summed E-state index contributed by atoms with van der Waals surface area (Å²) in [6.07, 6.45) is 0.415. The maximum Gasteiger partial charge on any atom is 0.417 e. The highest BCUT2D eigenvalue weighted by atomic mass is 35.5. The van der Waals surface area contributed by atoms with E-state index in [2.05, 4.69) is 15.0 Å². The molecular formula is C15H10ClF3N4O. The van der Waals surface area contributed by atoms with Crippen molar-refractivity contribution < 1.29 is 18.0 Å². The Morgan fingerprint density at radius 1 is 1.50 bits per heavy atom. The number of halogens is 4. The van der Waals surface area contributed by atoms with E-state index in [9.17, 15) is 13.2 Å². The second kappa shape index (κ2) is 7.19. The van der Waals surface area contributed by atoms with Gasteiger partial charge < -0.3 is 9.40 Å². The van der Waals surface area contributed by atoms with Crippen molar-refractivity contribution in [2.45, 2.75) is 6.18 Å².